The number of benzene rings is 1. The molecule has 0 radical (unpaired) electrons. The quantitative estimate of drug-likeness (QED) is 0.782. The largest absolute Gasteiger partial charge is 0.379 e. The summed E-state index contributed by atoms with van der Waals surface area (Å²) in [6, 6.07) is 8.50. The first-order chi connectivity index (χ1) is 12.1. The van der Waals surface area contributed by atoms with E-state index in [2.05, 4.69) is 40.8 Å². The van der Waals surface area contributed by atoms with Gasteiger partial charge < -0.3 is 19.9 Å². The minimum absolute atomic E-state index is 0.0573. The second-order valence-electron chi connectivity index (χ2n) is 7.06. The summed E-state index contributed by atoms with van der Waals surface area (Å²) in [5.41, 5.74) is 2.59. The summed E-state index contributed by atoms with van der Waals surface area (Å²) in [7, 11) is 0. The van der Waals surface area contributed by atoms with Gasteiger partial charge in [-0.2, -0.15) is 0 Å². The lowest BCUT2D eigenvalue weighted by atomic mass is 9.89. The number of aromatic amines is 1. The molecule has 0 saturated carbocycles. The Hall–Kier alpha value is -2.01. The molecule has 2 N–H and O–H groups in total. The number of aromatic nitrogens is 1. The summed E-state index contributed by atoms with van der Waals surface area (Å²) in [4.78, 5) is 17.6. The lowest BCUT2D eigenvalue weighted by molar-refractivity contribution is 0.0771. The zero-order valence-corrected chi connectivity index (χ0v) is 15.3. The van der Waals surface area contributed by atoms with Crippen LogP contribution < -0.4 is 5.32 Å². The second kappa shape index (κ2) is 8.39. The van der Waals surface area contributed by atoms with Crippen molar-refractivity contribution < 1.29 is 9.53 Å². The van der Waals surface area contributed by atoms with Gasteiger partial charge in [0.1, 0.15) is 0 Å². The van der Waals surface area contributed by atoms with E-state index < -0.39 is 0 Å². The zero-order chi connectivity index (χ0) is 17.6. The Labute approximate surface area is 149 Å². The fourth-order valence-electron chi connectivity index (χ4n) is 3.52. The van der Waals surface area contributed by atoms with Crippen molar-refractivity contribution in [1.82, 2.24) is 15.2 Å². The van der Waals surface area contributed by atoms with Gasteiger partial charge in [0.2, 0.25) is 0 Å². The van der Waals surface area contributed by atoms with Crippen molar-refractivity contribution in [2.45, 2.75) is 45.1 Å². The van der Waals surface area contributed by atoms with E-state index in [1.165, 1.54) is 16.5 Å². The van der Waals surface area contributed by atoms with E-state index in [4.69, 9.17) is 4.74 Å². The molecule has 25 heavy (non-hydrogen) atoms. The molecular formula is C20H29N3O2. The molecule has 0 aliphatic carbocycles. The predicted octanol–water partition coefficient (Wildman–Crippen LogP) is 3.87. The minimum atomic E-state index is 0.0573. The molecule has 136 valence electrons. The van der Waals surface area contributed by atoms with E-state index in [0.29, 0.717) is 19.1 Å². The third-order valence-electron chi connectivity index (χ3n) is 4.89. The van der Waals surface area contributed by atoms with Crippen molar-refractivity contribution in [1.29, 1.82) is 0 Å². The number of H-pyrrole nitrogens is 1. The highest BCUT2D eigenvalue weighted by molar-refractivity contribution is 5.83. The summed E-state index contributed by atoms with van der Waals surface area (Å²) >= 11 is 0. The standard InChI is InChI=1S/C20H29N3O2/c1-15(2)25-13-5-10-21-20(24)23-11-8-16(9-12-23)18-14-22-19-7-4-3-6-17(18)19/h3-4,6-7,14-16,22H,5,8-13H2,1-2H3,(H,21,24). The Morgan fingerprint density at radius 1 is 1.32 bits per heavy atom. The van der Waals surface area contributed by atoms with Crippen LogP contribution in [0.5, 0.6) is 0 Å². The van der Waals surface area contributed by atoms with Crippen molar-refractivity contribution in [2.75, 3.05) is 26.2 Å². The highest BCUT2D eigenvalue weighted by atomic mass is 16.5. The second-order valence-corrected chi connectivity index (χ2v) is 7.06. The Kier molecular flexibility index (Phi) is 5.97. The van der Waals surface area contributed by atoms with Crippen LogP contribution in [0.25, 0.3) is 10.9 Å². The number of ether oxygens (including phenoxy) is 1. The molecule has 1 saturated heterocycles. The number of amides is 2. The van der Waals surface area contributed by atoms with Crippen LogP contribution in [0, 0.1) is 0 Å². The Balaban J connectivity index is 1.44. The van der Waals surface area contributed by atoms with Gasteiger partial charge in [-0.05, 0) is 50.7 Å². The fourth-order valence-corrected chi connectivity index (χ4v) is 3.52. The summed E-state index contributed by atoms with van der Waals surface area (Å²) in [5, 5.41) is 4.32. The van der Waals surface area contributed by atoms with Gasteiger partial charge in [0.05, 0.1) is 6.10 Å². The molecule has 5 nitrogen and oxygen atoms in total. The van der Waals surface area contributed by atoms with Gasteiger partial charge >= 0.3 is 6.03 Å². The van der Waals surface area contributed by atoms with Gasteiger partial charge in [-0.25, -0.2) is 4.79 Å². The normalized spacial score (nSPS) is 15.9. The van der Waals surface area contributed by atoms with E-state index in [1.54, 1.807) is 0 Å². The molecular weight excluding hydrogens is 314 g/mol. The lowest BCUT2D eigenvalue weighted by Crippen LogP contribution is -2.44. The molecule has 0 atom stereocenters. The van der Waals surface area contributed by atoms with Gasteiger partial charge in [-0.1, -0.05) is 18.2 Å². The SMILES string of the molecule is CC(C)OCCCNC(=O)N1CCC(c2c[nH]c3ccccc23)CC1. The molecule has 0 unspecified atom stereocenters. The maximum absolute atomic E-state index is 12.3. The lowest BCUT2D eigenvalue weighted by Gasteiger charge is -2.32. The van der Waals surface area contributed by atoms with Gasteiger partial charge in [0.15, 0.2) is 0 Å². The number of nitrogens with one attached hydrogen (secondary N) is 2. The van der Waals surface area contributed by atoms with Crippen LogP contribution in [0.3, 0.4) is 0 Å². The van der Waals surface area contributed by atoms with Gasteiger partial charge in [-0.15, -0.1) is 0 Å². The average Bonchev–Trinajstić information content (AvgIpc) is 3.05. The van der Waals surface area contributed by atoms with Gasteiger partial charge in [0.25, 0.3) is 0 Å². The molecule has 5 heteroatoms. The summed E-state index contributed by atoms with van der Waals surface area (Å²) in [5.74, 6) is 0.527. The van der Waals surface area contributed by atoms with E-state index in [1.807, 2.05) is 18.7 Å². The Morgan fingerprint density at radius 2 is 2.08 bits per heavy atom. The third kappa shape index (κ3) is 4.54. The van der Waals surface area contributed by atoms with Crippen molar-refractivity contribution in [2.24, 2.45) is 0 Å². The Morgan fingerprint density at radius 3 is 2.84 bits per heavy atom. The van der Waals surface area contributed by atoms with Crippen LogP contribution in [0.4, 0.5) is 4.79 Å². The minimum Gasteiger partial charge on any atom is -0.379 e. The maximum atomic E-state index is 12.3. The molecule has 2 heterocycles. The summed E-state index contributed by atoms with van der Waals surface area (Å²) in [6.07, 6.45) is 5.28. The van der Waals surface area contributed by atoms with Gasteiger partial charge in [0, 0.05) is 43.3 Å². The topological polar surface area (TPSA) is 57.4 Å². The van der Waals surface area contributed by atoms with Crippen LogP contribution in [0.1, 0.15) is 44.6 Å². The van der Waals surface area contributed by atoms with Crippen LogP contribution in [0.2, 0.25) is 0 Å². The number of fused-ring (bicyclic) bond motifs is 1. The summed E-state index contributed by atoms with van der Waals surface area (Å²) in [6.45, 7) is 7.05. The zero-order valence-electron chi connectivity index (χ0n) is 15.3. The number of nitrogens with zero attached hydrogens (tertiary/aromatic N) is 1. The smallest absolute Gasteiger partial charge is 0.317 e. The van der Waals surface area contributed by atoms with E-state index >= 15 is 0 Å². The number of likely N-dealkylation sites (tertiary alicyclic amines) is 1. The van der Waals surface area contributed by atoms with Crippen LogP contribution in [-0.4, -0.2) is 48.3 Å². The van der Waals surface area contributed by atoms with Crippen molar-refractivity contribution in [3.63, 3.8) is 0 Å². The molecule has 1 aliphatic rings. The van der Waals surface area contributed by atoms with Crippen molar-refractivity contribution in [3.8, 4) is 0 Å². The first kappa shape index (κ1) is 17.8. The van der Waals surface area contributed by atoms with E-state index in [0.717, 1.165) is 32.4 Å². The molecule has 2 aromatic rings. The van der Waals surface area contributed by atoms with Crippen LogP contribution in [0.15, 0.2) is 30.5 Å². The van der Waals surface area contributed by atoms with Crippen LogP contribution in [-0.2, 0) is 4.74 Å². The van der Waals surface area contributed by atoms with Crippen molar-refractivity contribution >= 4 is 16.9 Å². The molecule has 0 bridgehead atoms. The molecule has 1 fully saturated rings. The first-order valence-corrected chi connectivity index (χ1v) is 9.35. The molecule has 1 aromatic carbocycles. The number of rotatable bonds is 6. The first-order valence-electron chi connectivity index (χ1n) is 9.35. The van der Waals surface area contributed by atoms with Crippen LogP contribution >= 0.6 is 0 Å². The van der Waals surface area contributed by atoms with Gasteiger partial charge in [-0.3, -0.25) is 0 Å². The molecule has 3 rings (SSSR count). The number of piperidine rings is 1. The maximum Gasteiger partial charge on any atom is 0.317 e. The predicted molar refractivity (Wildman–Crippen MR) is 101 cm³/mol. The average molecular weight is 343 g/mol. The highest BCUT2D eigenvalue weighted by Gasteiger charge is 2.25. The number of carbonyl (C=O) groups is 1. The number of urea groups is 1. The molecule has 2 amide bonds. The molecule has 1 aromatic heterocycles. The number of para-hydroxylation sites is 1. The molecule has 0 spiro atoms. The number of hydrogen-bond donors (Lipinski definition) is 2. The van der Waals surface area contributed by atoms with E-state index in [9.17, 15) is 4.79 Å². The number of carbonyl (C=O) groups excluding carboxylic acids is 1. The van der Waals surface area contributed by atoms with E-state index in [-0.39, 0.29) is 12.1 Å². The third-order valence-corrected chi connectivity index (χ3v) is 4.89. The summed E-state index contributed by atoms with van der Waals surface area (Å²) < 4.78 is 5.49. The highest BCUT2D eigenvalue weighted by Crippen LogP contribution is 2.32. The fraction of sp³-hybridized carbons (Fsp3) is 0.550. The monoisotopic (exact) mass is 343 g/mol. The van der Waals surface area contributed by atoms with Crippen molar-refractivity contribution in [3.05, 3.63) is 36.0 Å². The molecule has 1 aliphatic heterocycles. The number of hydrogen-bond acceptors (Lipinski definition) is 2. The Bertz CT molecular complexity index is 687.